The first-order chi connectivity index (χ1) is 13.1. The van der Waals surface area contributed by atoms with Gasteiger partial charge >= 0.3 is 0 Å². The molecule has 3 aromatic rings. The van der Waals surface area contributed by atoms with Gasteiger partial charge in [-0.3, -0.25) is 9.59 Å². The van der Waals surface area contributed by atoms with E-state index in [1.807, 2.05) is 36.4 Å². The van der Waals surface area contributed by atoms with Crippen molar-refractivity contribution in [1.82, 2.24) is 9.78 Å². The average Bonchev–Trinajstić information content (AvgIpc) is 3.01. The highest BCUT2D eigenvalue weighted by Gasteiger charge is 2.27. The molecule has 1 aromatic heterocycles. The maximum Gasteiger partial charge on any atom is 0.255 e. The van der Waals surface area contributed by atoms with Gasteiger partial charge in [-0.1, -0.05) is 36.4 Å². The Hall–Kier alpha value is -3.74. The summed E-state index contributed by atoms with van der Waals surface area (Å²) in [5.74, 6) is 0.209. The topological polar surface area (TPSA) is 88.4 Å². The number of aliphatic imine (C=N–C) groups is 1. The van der Waals surface area contributed by atoms with Crippen LogP contribution in [0.3, 0.4) is 0 Å². The van der Waals surface area contributed by atoms with E-state index in [4.69, 9.17) is 0 Å². The van der Waals surface area contributed by atoms with E-state index in [1.165, 1.54) is 4.68 Å². The minimum Gasteiger partial charge on any atom is -0.337 e. The molecule has 0 saturated carbocycles. The summed E-state index contributed by atoms with van der Waals surface area (Å²) < 4.78 is 1.23. The van der Waals surface area contributed by atoms with Crippen LogP contribution in [-0.2, 0) is 0 Å². The van der Waals surface area contributed by atoms with E-state index in [1.54, 1.807) is 31.2 Å². The van der Waals surface area contributed by atoms with Gasteiger partial charge in [0.2, 0.25) is 0 Å². The number of carbonyl (C=O) groups is 2. The Morgan fingerprint density at radius 3 is 2.41 bits per heavy atom. The number of hydrogen-bond donors (Lipinski definition) is 2. The average molecular weight is 359 g/mol. The molecule has 0 aliphatic carbocycles. The second-order valence-corrected chi connectivity index (χ2v) is 6.19. The molecule has 0 unspecified atom stereocenters. The van der Waals surface area contributed by atoms with Crippen molar-refractivity contribution in [2.24, 2.45) is 4.99 Å². The molecule has 2 N–H and O–H groups in total. The van der Waals surface area contributed by atoms with E-state index < -0.39 is 0 Å². The number of fused-ring (bicyclic) bond motifs is 1. The lowest BCUT2D eigenvalue weighted by atomic mass is 10.2. The molecule has 27 heavy (non-hydrogen) atoms. The third-order valence-corrected chi connectivity index (χ3v) is 4.11. The van der Waals surface area contributed by atoms with Gasteiger partial charge in [-0.25, -0.2) is 4.99 Å². The molecular formula is C20H17N5O2. The van der Waals surface area contributed by atoms with Gasteiger partial charge < -0.3 is 10.6 Å². The van der Waals surface area contributed by atoms with E-state index in [-0.39, 0.29) is 18.2 Å². The van der Waals surface area contributed by atoms with Gasteiger partial charge in [-0.15, -0.1) is 5.10 Å². The molecule has 7 nitrogen and oxygen atoms in total. The lowest BCUT2D eigenvalue weighted by Crippen LogP contribution is -2.19. The molecule has 2 heterocycles. The first-order valence-electron chi connectivity index (χ1n) is 8.50. The number of rotatable bonds is 4. The highest BCUT2D eigenvalue weighted by molar-refractivity contribution is 6.11. The van der Waals surface area contributed by atoms with Crippen LogP contribution in [0.1, 0.15) is 28.5 Å². The van der Waals surface area contributed by atoms with Crippen molar-refractivity contribution in [3.8, 4) is 0 Å². The van der Waals surface area contributed by atoms with Crippen LogP contribution in [0.15, 0.2) is 65.7 Å². The zero-order valence-electron chi connectivity index (χ0n) is 14.6. The molecule has 0 atom stereocenters. The largest absolute Gasteiger partial charge is 0.337 e. The van der Waals surface area contributed by atoms with Crippen LogP contribution in [0.25, 0.3) is 0 Å². The Labute approximate surface area is 155 Å². The Morgan fingerprint density at radius 2 is 1.70 bits per heavy atom. The van der Waals surface area contributed by atoms with Crippen LogP contribution >= 0.6 is 0 Å². The molecule has 1 amide bonds. The molecule has 0 spiro atoms. The minimum atomic E-state index is -0.298. The summed E-state index contributed by atoms with van der Waals surface area (Å²) in [7, 11) is 0. The van der Waals surface area contributed by atoms with Crippen molar-refractivity contribution >= 4 is 40.5 Å². The summed E-state index contributed by atoms with van der Waals surface area (Å²) in [6.45, 7) is 1.78. The molecule has 2 aromatic carbocycles. The van der Waals surface area contributed by atoms with Gasteiger partial charge in [0, 0.05) is 17.0 Å². The Bertz CT molecular complexity index is 1040. The monoisotopic (exact) mass is 359 g/mol. The number of aromatic nitrogens is 2. The zero-order valence-corrected chi connectivity index (χ0v) is 14.6. The molecule has 1 aliphatic rings. The van der Waals surface area contributed by atoms with Crippen molar-refractivity contribution < 1.29 is 9.59 Å². The zero-order chi connectivity index (χ0) is 18.8. The molecular weight excluding hydrogens is 342 g/mol. The second-order valence-electron chi connectivity index (χ2n) is 6.19. The van der Waals surface area contributed by atoms with E-state index in [9.17, 15) is 9.59 Å². The van der Waals surface area contributed by atoms with E-state index in [0.717, 1.165) is 5.69 Å². The molecule has 0 saturated heterocycles. The number of hydrogen-bond acceptors (Lipinski definition) is 5. The minimum absolute atomic E-state index is 0.186. The molecule has 7 heteroatoms. The smallest absolute Gasteiger partial charge is 0.255 e. The predicted octanol–water partition coefficient (Wildman–Crippen LogP) is 4.02. The van der Waals surface area contributed by atoms with Crippen molar-refractivity contribution in [3.63, 3.8) is 0 Å². The fraction of sp³-hybridized carbons (Fsp3) is 0.100. The number of anilines is 3. The molecule has 0 radical (unpaired) electrons. The Kier molecular flexibility index (Phi) is 4.25. The normalized spacial score (nSPS) is 12.9. The summed E-state index contributed by atoms with van der Waals surface area (Å²) >= 11 is 0. The van der Waals surface area contributed by atoms with Crippen molar-refractivity contribution in [2.45, 2.75) is 13.3 Å². The van der Waals surface area contributed by atoms with Crippen LogP contribution in [0.5, 0.6) is 0 Å². The maximum absolute atomic E-state index is 12.7. The summed E-state index contributed by atoms with van der Waals surface area (Å²) in [6.07, 6.45) is 0.200. The summed E-state index contributed by atoms with van der Waals surface area (Å²) in [5, 5.41) is 10.3. The summed E-state index contributed by atoms with van der Waals surface area (Å²) in [5.41, 5.74) is 2.34. The number of nitrogens with zero attached hydrogens (tertiary/aromatic N) is 3. The van der Waals surface area contributed by atoms with Gasteiger partial charge in [-0.05, 0) is 31.2 Å². The van der Waals surface area contributed by atoms with Gasteiger partial charge in [0.05, 0.1) is 6.42 Å². The summed E-state index contributed by atoms with van der Waals surface area (Å²) in [4.78, 5) is 29.5. The van der Waals surface area contributed by atoms with Gasteiger partial charge in [0.1, 0.15) is 5.69 Å². The molecule has 134 valence electrons. The van der Waals surface area contributed by atoms with Crippen LogP contribution in [0, 0.1) is 0 Å². The fourth-order valence-electron chi connectivity index (χ4n) is 2.84. The lowest BCUT2D eigenvalue weighted by Gasteiger charge is -2.11. The molecule has 0 fully saturated rings. The van der Waals surface area contributed by atoms with Gasteiger partial charge in [0.15, 0.2) is 11.6 Å². The maximum atomic E-state index is 12.7. The number of para-hydroxylation sites is 1. The van der Waals surface area contributed by atoms with E-state index in [0.29, 0.717) is 28.6 Å². The number of amides is 1. The Balaban J connectivity index is 1.76. The van der Waals surface area contributed by atoms with Gasteiger partial charge in [0.25, 0.3) is 11.8 Å². The number of carbonyl (C=O) groups excluding carboxylic acids is 2. The summed E-state index contributed by atoms with van der Waals surface area (Å²) in [6, 6.07) is 18.3. The standard InChI is InChI=1S/C20H17N5O2/c1-13-12-16(26)25-19(21-13)17(23-20(27)14-8-4-2-5-9-14)18(24-25)22-15-10-6-3-7-11-15/h2-11H,12H2,1H3,(H,22,24)(H,23,27). The second kappa shape index (κ2) is 6.87. The quantitative estimate of drug-likeness (QED) is 0.736. The van der Waals surface area contributed by atoms with E-state index >= 15 is 0 Å². The lowest BCUT2D eigenvalue weighted by molar-refractivity contribution is 0.0905. The third kappa shape index (κ3) is 3.35. The van der Waals surface area contributed by atoms with Crippen LogP contribution < -0.4 is 10.6 Å². The van der Waals surface area contributed by atoms with Crippen molar-refractivity contribution in [1.29, 1.82) is 0 Å². The SMILES string of the molecule is CC1=Nc2c(NC(=O)c3ccccc3)c(Nc3ccccc3)nn2C(=O)C1. The van der Waals surface area contributed by atoms with E-state index in [2.05, 4.69) is 20.7 Å². The molecule has 4 rings (SSSR count). The van der Waals surface area contributed by atoms with Crippen LogP contribution in [-0.4, -0.2) is 27.3 Å². The Morgan fingerprint density at radius 1 is 1.04 bits per heavy atom. The van der Waals surface area contributed by atoms with Crippen molar-refractivity contribution in [2.75, 3.05) is 10.6 Å². The number of nitrogens with one attached hydrogen (secondary N) is 2. The first kappa shape index (κ1) is 16.7. The molecule has 1 aliphatic heterocycles. The van der Waals surface area contributed by atoms with Crippen molar-refractivity contribution in [3.05, 3.63) is 66.2 Å². The van der Waals surface area contributed by atoms with Crippen LogP contribution in [0.2, 0.25) is 0 Å². The first-order valence-corrected chi connectivity index (χ1v) is 8.50. The number of benzene rings is 2. The third-order valence-electron chi connectivity index (χ3n) is 4.11. The predicted molar refractivity (Wildman–Crippen MR) is 104 cm³/mol. The highest BCUT2D eigenvalue weighted by atomic mass is 16.2. The fourth-order valence-corrected chi connectivity index (χ4v) is 2.84. The van der Waals surface area contributed by atoms with Gasteiger partial charge in [-0.2, -0.15) is 4.68 Å². The highest BCUT2D eigenvalue weighted by Crippen LogP contribution is 2.37. The van der Waals surface area contributed by atoms with Crippen LogP contribution in [0.4, 0.5) is 23.0 Å². The molecule has 0 bridgehead atoms.